The van der Waals surface area contributed by atoms with Gasteiger partial charge in [-0.05, 0) is 49.5 Å². The normalized spacial score (nSPS) is 16.3. The predicted molar refractivity (Wildman–Crippen MR) is 84.6 cm³/mol. The van der Waals surface area contributed by atoms with Crippen molar-refractivity contribution in [1.29, 1.82) is 0 Å². The van der Waals surface area contributed by atoms with Gasteiger partial charge in [0.25, 0.3) is 0 Å². The molecule has 1 N–H and O–H groups in total. The van der Waals surface area contributed by atoms with E-state index in [9.17, 15) is 4.79 Å². The third-order valence-electron chi connectivity index (χ3n) is 3.48. The number of aryl methyl sites for hydroxylation is 1. The second-order valence-electron chi connectivity index (χ2n) is 5.18. The molecule has 21 heavy (non-hydrogen) atoms. The van der Waals surface area contributed by atoms with Crippen LogP contribution in [0, 0.1) is 12.8 Å². The molecule has 1 heterocycles. The molecule has 0 aromatic heterocycles. The molecule has 0 radical (unpaired) electrons. The summed E-state index contributed by atoms with van der Waals surface area (Å²) in [4.78, 5) is 10.7. The van der Waals surface area contributed by atoms with Crippen LogP contribution in [0.5, 0.6) is 5.75 Å². The Balaban J connectivity index is 2.14. The first-order valence-corrected chi connectivity index (χ1v) is 7.77. The van der Waals surface area contributed by atoms with Crippen molar-refractivity contribution in [3.8, 4) is 5.75 Å². The molecule has 1 aromatic rings. The fraction of sp³-hybridized carbons (Fsp3) is 0.438. The summed E-state index contributed by atoms with van der Waals surface area (Å²) in [5.41, 5.74) is 1.76. The molecule has 4 nitrogen and oxygen atoms in total. The van der Waals surface area contributed by atoms with Gasteiger partial charge in [0, 0.05) is 29.3 Å². The van der Waals surface area contributed by atoms with Gasteiger partial charge < -0.3 is 14.6 Å². The van der Waals surface area contributed by atoms with Crippen molar-refractivity contribution in [2.75, 3.05) is 19.8 Å². The van der Waals surface area contributed by atoms with Crippen LogP contribution in [0.2, 0.25) is 0 Å². The molecular weight excluding hydrogens is 336 g/mol. The monoisotopic (exact) mass is 354 g/mol. The lowest BCUT2D eigenvalue weighted by atomic mass is 10.0. The maximum absolute atomic E-state index is 10.7. The van der Waals surface area contributed by atoms with Crippen molar-refractivity contribution in [3.63, 3.8) is 0 Å². The van der Waals surface area contributed by atoms with Crippen LogP contribution in [0.15, 0.2) is 22.7 Å². The van der Waals surface area contributed by atoms with Gasteiger partial charge in [-0.1, -0.05) is 15.9 Å². The average Bonchev–Trinajstić information content (AvgIpc) is 2.45. The van der Waals surface area contributed by atoms with Gasteiger partial charge in [-0.3, -0.25) is 0 Å². The van der Waals surface area contributed by atoms with Crippen LogP contribution in [0.3, 0.4) is 0 Å². The third kappa shape index (κ3) is 4.86. The number of carbonyl (C=O) groups is 1. The van der Waals surface area contributed by atoms with Crippen LogP contribution in [0.4, 0.5) is 0 Å². The zero-order chi connectivity index (χ0) is 15.2. The van der Waals surface area contributed by atoms with Gasteiger partial charge in [0.1, 0.15) is 5.75 Å². The fourth-order valence-electron chi connectivity index (χ4n) is 2.35. The summed E-state index contributed by atoms with van der Waals surface area (Å²) in [7, 11) is 0. The van der Waals surface area contributed by atoms with E-state index in [0.29, 0.717) is 12.5 Å². The number of rotatable bonds is 5. The lowest BCUT2D eigenvalue weighted by molar-refractivity contribution is -0.131. The number of carboxylic acids is 1. The topological polar surface area (TPSA) is 55.8 Å². The number of hydrogen-bond acceptors (Lipinski definition) is 3. The summed E-state index contributed by atoms with van der Waals surface area (Å²) < 4.78 is 12.2. The summed E-state index contributed by atoms with van der Waals surface area (Å²) in [6, 6.07) is 3.84. The van der Waals surface area contributed by atoms with Crippen LogP contribution < -0.4 is 4.74 Å². The van der Waals surface area contributed by atoms with Gasteiger partial charge in [-0.25, -0.2) is 4.79 Å². The lowest BCUT2D eigenvalue weighted by Gasteiger charge is -2.23. The number of halogens is 1. The molecule has 1 aromatic carbocycles. The summed E-state index contributed by atoms with van der Waals surface area (Å²) in [5.74, 6) is 0.281. The van der Waals surface area contributed by atoms with Crippen LogP contribution in [0.25, 0.3) is 6.08 Å². The van der Waals surface area contributed by atoms with E-state index in [1.165, 1.54) is 0 Å². The Morgan fingerprint density at radius 2 is 2.19 bits per heavy atom. The van der Waals surface area contributed by atoms with E-state index in [1.54, 1.807) is 6.08 Å². The molecule has 0 aliphatic carbocycles. The molecule has 1 aliphatic rings. The van der Waals surface area contributed by atoms with E-state index in [4.69, 9.17) is 14.6 Å². The molecule has 2 rings (SSSR count). The number of benzene rings is 1. The lowest BCUT2D eigenvalue weighted by Crippen LogP contribution is -2.21. The zero-order valence-corrected chi connectivity index (χ0v) is 13.6. The SMILES string of the molecule is Cc1cc(Br)cc(/C=C/C(=O)O)c1OCC1CCOCC1. The number of ether oxygens (including phenoxy) is 2. The molecule has 1 saturated heterocycles. The maximum Gasteiger partial charge on any atom is 0.328 e. The summed E-state index contributed by atoms with van der Waals surface area (Å²) in [5, 5.41) is 8.78. The number of aliphatic carboxylic acids is 1. The summed E-state index contributed by atoms with van der Waals surface area (Å²) >= 11 is 3.43. The first kappa shape index (κ1) is 16.0. The fourth-order valence-corrected chi connectivity index (χ4v) is 2.94. The molecule has 0 amide bonds. The number of carboxylic acid groups (broad SMARTS) is 1. The van der Waals surface area contributed by atoms with E-state index in [1.807, 2.05) is 19.1 Å². The minimum absolute atomic E-state index is 0.498. The molecule has 114 valence electrons. The Morgan fingerprint density at radius 3 is 2.86 bits per heavy atom. The van der Waals surface area contributed by atoms with Gasteiger partial charge in [-0.2, -0.15) is 0 Å². The minimum Gasteiger partial charge on any atom is -0.492 e. The van der Waals surface area contributed by atoms with Crippen molar-refractivity contribution in [2.24, 2.45) is 5.92 Å². The van der Waals surface area contributed by atoms with E-state index in [0.717, 1.165) is 53.5 Å². The van der Waals surface area contributed by atoms with Crippen molar-refractivity contribution in [2.45, 2.75) is 19.8 Å². The number of hydrogen-bond donors (Lipinski definition) is 1. The Hall–Kier alpha value is -1.33. The van der Waals surface area contributed by atoms with Gasteiger partial charge >= 0.3 is 5.97 Å². The predicted octanol–water partition coefficient (Wildman–Crippen LogP) is 3.66. The summed E-state index contributed by atoms with van der Waals surface area (Å²) in [6.45, 7) is 4.18. The van der Waals surface area contributed by atoms with E-state index < -0.39 is 5.97 Å². The molecule has 0 unspecified atom stereocenters. The molecule has 1 aliphatic heterocycles. The Kier molecular flexibility index (Phi) is 5.82. The molecule has 5 heteroatoms. The van der Waals surface area contributed by atoms with Crippen LogP contribution in [0.1, 0.15) is 24.0 Å². The molecule has 0 spiro atoms. The van der Waals surface area contributed by atoms with Gasteiger partial charge in [0.2, 0.25) is 0 Å². The molecule has 0 bridgehead atoms. The average molecular weight is 355 g/mol. The van der Waals surface area contributed by atoms with E-state index in [-0.39, 0.29) is 0 Å². The van der Waals surface area contributed by atoms with Crippen LogP contribution >= 0.6 is 15.9 Å². The second kappa shape index (κ2) is 7.61. The maximum atomic E-state index is 10.7. The Bertz CT molecular complexity index is 533. The summed E-state index contributed by atoms with van der Waals surface area (Å²) in [6.07, 6.45) is 4.72. The Morgan fingerprint density at radius 1 is 1.48 bits per heavy atom. The zero-order valence-electron chi connectivity index (χ0n) is 12.0. The van der Waals surface area contributed by atoms with Crippen LogP contribution in [-0.4, -0.2) is 30.9 Å². The van der Waals surface area contributed by atoms with Gasteiger partial charge in [0.15, 0.2) is 0 Å². The molecular formula is C16H19BrO4. The quantitative estimate of drug-likeness (QED) is 0.819. The van der Waals surface area contributed by atoms with Crippen molar-refractivity contribution >= 4 is 28.0 Å². The van der Waals surface area contributed by atoms with Crippen molar-refractivity contribution in [1.82, 2.24) is 0 Å². The minimum atomic E-state index is -0.969. The third-order valence-corrected chi connectivity index (χ3v) is 3.94. The van der Waals surface area contributed by atoms with E-state index in [2.05, 4.69) is 15.9 Å². The van der Waals surface area contributed by atoms with E-state index >= 15 is 0 Å². The largest absolute Gasteiger partial charge is 0.492 e. The van der Waals surface area contributed by atoms with Gasteiger partial charge in [0.05, 0.1) is 6.61 Å². The van der Waals surface area contributed by atoms with Crippen molar-refractivity contribution in [3.05, 3.63) is 33.8 Å². The highest BCUT2D eigenvalue weighted by atomic mass is 79.9. The first-order valence-electron chi connectivity index (χ1n) is 6.98. The van der Waals surface area contributed by atoms with Gasteiger partial charge in [-0.15, -0.1) is 0 Å². The molecule has 0 saturated carbocycles. The standard InChI is InChI=1S/C16H19BrO4/c1-11-8-14(17)9-13(2-3-15(18)19)16(11)21-10-12-4-6-20-7-5-12/h2-3,8-9,12H,4-7,10H2,1H3,(H,18,19)/b3-2+. The highest BCUT2D eigenvalue weighted by Gasteiger charge is 2.16. The highest BCUT2D eigenvalue weighted by molar-refractivity contribution is 9.10. The molecule has 0 atom stereocenters. The Labute approximate surface area is 132 Å². The van der Waals surface area contributed by atoms with Crippen LogP contribution in [-0.2, 0) is 9.53 Å². The van der Waals surface area contributed by atoms with Crippen molar-refractivity contribution < 1.29 is 19.4 Å². The smallest absolute Gasteiger partial charge is 0.328 e. The highest BCUT2D eigenvalue weighted by Crippen LogP contribution is 2.30. The molecule has 1 fully saturated rings. The second-order valence-corrected chi connectivity index (χ2v) is 6.10. The first-order chi connectivity index (χ1) is 10.1.